The number of aromatic nitrogens is 2. The van der Waals surface area contributed by atoms with Gasteiger partial charge in [-0.3, -0.25) is 5.32 Å². The molecule has 0 radical (unpaired) electrons. The van der Waals surface area contributed by atoms with Crippen molar-refractivity contribution in [2.24, 2.45) is 5.41 Å². The van der Waals surface area contributed by atoms with Crippen LogP contribution in [0.4, 0.5) is 9.93 Å². The zero-order chi connectivity index (χ0) is 17.0. The van der Waals surface area contributed by atoms with Crippen molar-refractivity contribution in [2.45, 2.75) is 26.2 Å². The molecule has 24 heavy (non-hydrogen) atoms. The van der Waals surface area contributed by atoms with E-state index in [9.17, 15) is 9.90 Å². The molecule has 0 bridgehead atoms. The van der Waals surface area contributed by atoms with Crippen LogP contribution in [0, 0.1) is 5.41 Å². The molecule has 128 valence electrons. The Morgan fingerprint density at radius 1 is 1.42 bits per heavy atom. The number of nitrogens with one attached hydrogen (secondary N) is 1. The highest BCUT2D eigenvalue weighted by Crippen LogP contribution is 2.33. The number of rotatable bonds is 4. The number of anilines is 1. The van der Waals surface area contributed by atoms with Gasteiger partial charge in [-0.1, -0.05) is 37.3 Å². The van der Waals surface area contributed by atoms with Crippen LogP contribution in [0.1, 0.15) is 26.2 Å². The third-order valence-electron chi connectivity index (χ3n) is 4.71. The summed E-state index contributed by atoms with van der Waals surface area (Å²) in [7, 11) is 0. The SMILES string of the molecule is CC[C@@]1(CO)CCCN(C(=O)Nc2nc(-c3ccccc3)ns2)C1. The zero-order valence-electron chi connectivity index (χ0n) is 13.7. The lowest BCUT2D eigenvalue weighted by Crippen LogP contribution is -2.49. The third kappa shape index (κ3) is 3.57. The number of aliphatic hydroxyl groups excluding tert-OH is 1. The van der Waals surface area contributed by atoms with E-state index in [1.54, 1.807) is 4.90 Å². The van der Waals surface area contributed by atoms with Crippen molar-refractivity contribution in [3.63, 3.8) is 0 Å². The van der Waals surface area contributed by atoms with Gasteiger partial charge in [0.1, 0.15) is 0 Å². The van der Waals surface area contributed by atoms with Gasteiger partial charge in [0, 0.05) is 35.6 Å². The van der Waals surface area contributed by atoms with Gasteiger partial charge in [0.25, 0.3) is 0 Å². The number of carbonyl (C=O) groups is 1. The number of piperidine rings is 1. The predicted molar refractivity (Wildman–Crippen MR) is 95.0 cm³/mol. The van der Waals surface area contributed by atoms with E-state index in [1.807, 2.05) is 30.3 Å². The van der Waals surface area contributed by atoms with E-state index in [2.05, 4.69) is 21.6 Å². The summed E-state index contributed by atoms with van der Waals surface area (Å²) in [5.41, 5.74) is 0.754. The standard InChI is InChI=1S/C17H22N4O2S/c1-2-17(12-22)9-6-10-21(11-17)16(23)19-15-18-14(20-24-15)13-7-4-3-5-8-13/h3-5,7-8,22H,2,6,9-12H2,1H3,(H,18,19,20,23)/t17-/m1/s1. The molecule has 0 spiro atoms. The molecule has 6 nitrogen and oxygen atoms in total. The molecule has 1 aromatic carbocycles. The van der Waals surface area contributed by atoms with Gasteiger partial charge in [0.2, 0.25) is 5.13 Å². The lowest BCUT2D eigenvalue weighted by Gasteiger charge is -2.41. The molecule has 2 aromatic rings. The fourth-order valence-electron chi connectivity index (χ4n) is 3.06. The Labute approximate surface area is 145 Å². The monoisotopic (exact) mass is 346 g/mol. The van der Waals surface area contributed by atoms with Crippen molar-refractivity contribution < 1.29 is 9.90 Å². The highest BCUT2D eigenvalue weighted by Gasteiger charge is 2.35. The van der Waals surface area contributed by atoms with E-state index in [0.29, 0.717) is 24.0 Å². The van der Waals surface area contributed by atoms with Crippen LogP contribution >= 0.6 is 11.5 Å². The Kier molecular flexibility index (Phi) is 5.11. The molecule has 0 unspecified atom stereocenters. The first-order valence-corrected chi connectivity index (χ1v) is 8.99. The average molecular weight is 346 g/mol. The lowest BCUT2D eigenvalue weighted by molar-refractivity contribution is 0.0468. The summed E-state index contributed by atoms with van der Waals surface area (Å²) < 4.78 is 4.30. The molecule has 1 aliphatic rings. The van der Waals surface area contributed by atoms with Crippen LogP contribution in [-0.2, 0) is 0 Å². The minimum Gasteiger partial charge on any atom is -0.396 e. The number of benzene rings is 1. The molecule has 1 saturated heterocycles. The second-order valence-corrected chi connectivity index (χ2v) is 7.01. The number of amides is 2. The maximum atomic E-state index is 12.5. The third-order valence-corrected chi connectivity index (χ3v) is 5.34. The summed E-state index contributed by atoms with van der Waals surface area (Å²) in [5, 5.41) is 13.0. The van der Waals surface area contributed by atoms with Gasteiger partial charge in [-0.25, -0.2) is 4.79 Å². The topological polar surface area (TPSA) is 78.4 Å². The summed E-state index contributed by atoms with van der Waals surface area (Å²) in [4.78, 5) is 18.7. The van der Waals surface area contributed by atoms with Crippen molar-refractivity contribution in [1.29, 1.82) is 0 Å². The van der Waals surface area contributed by atoms with E-state index in [-0.39, 0.29) is 18.1 Å². The van der Waals surface area contributed by atoms with Crippen LogP contribution in [0.3, 0.4) is 0 Å². The molecular weight excluding hydrogens is 324 g/mol. The first-order valence-electron chi connectivity index (χ1n) is 8.22. The quantitative estimate of drug-likeness (QED) is 0.891. The second-order valence-electron chi connectivity index (χ2n) is 6.26. The second kappa shape index (κ2) is 7.27. The molecule has 1 aliphatic heterocycles. The maximum absolute atomic E-state index is 12.5. The maximum Gasteiger partial charge on any atom is 0.323 e. The largest absolute Gasteiger partial charge is 0.396 e. The highest BCUT2D eigenvalue weighted by molar-refractivity contribution is 7.10. The Morgan fingerprint density at radius 2 is 2.21 bits per heavy atom. The van der Waals surface area contributed by atoms with Crippen LogP contribution in [0.2, 0.25) is 0 Å². The first kappa shape index (κ1) is 16.9. The van der Waals surface area contributed by atoms with Gasteiger partial charge >= 0.3 is 6.03 Å². The molecule has 1 aromatic heterocycles. The molecule has 7 heteroatoms. The van der Waals surface area contributed by atoms with E-state index in [0.717, 1.165) is 24.8 Å². The van der Waals surface area contributed by atoms with Gasteiger partial charge in [-0.05, 0) is 19.3 Å². The smallest absolute Gasteiger partial charge is 0.323 e. The van der Waals surface area contributed by atoms with Crippen molar-refractivity contribution in [2.75, 3.05) is 25.0 Å². The molecule has 0 aliphatic carbocycles. The minimum atomic E-state index is -0.175. The minimum absolute atomic E-state index is 0.115. The summed E-state index contributed by atoms with van der Waals surface area (Å²) in [6, 6.07) is 9.51. The Bertz CT molecular complexity index is 685. The van der Waals surface area contributed by atoms with Gasteiger partial charge in [0.05, 0.1) is 6.61 Å². The molecule has 3 rings (SSSR count). The number of likely N-dealkylation sites (tertiary alicyclic amines) is 1. The van der Waals surface area contributed by atoms with Crippen LogP contribution in [0.5, 0.6) is 0 Å². The van der Waals surface area contributed by atoms with Gasteiger partial charge in [0.15, 0.2) is 5.82 Å². The Balaban J connectivity index is 1.66. The van der Waals surface area contributed by atoms with Crippen molar-refractivity contribution in [3.05, 3.63) is 30.3 Å². The summed E-state index contributed by atoms with van der Waals surface area (Å²) >= 11 is 1.18. The van der Waals surface area contributed by atoms with Gasteiger partial charge < -0.3 is 10.0 Å². The van der Waals surface area contributed by atoms with Crippen LogP contribution in [-0.4, -0.2) is 45.1 Å². The molecule has 1 atom stereocenters. The molecule has 0 saturated carbocycles. The van der Waals surface area contributed by atoms with E-state index in [1.165, 1.54) is 11.5 Å². The van der Waals surface area contributed by atoms with E-state index >= 15 is 0 Å². The number of aliphatic hydroxyl groups is 1. The fraction of sp³-hybridized carbons (Fsp3) is 0.471. The number of carbonyl (C=O) groups excluding carboxylic acids is 1. The van der Waals surface area contributed by atoms with Crippen LogP contribution in [0.25, 0.3) is 11.4 Å². The molecular formula is C17H22N4O2S. The molecule has 2 amide bonds. The fourth-order valence-corrected chi connectivity index (χ4v) is 3.64. The zero-order valence-corrected chi connectivity index (χ0v) is 14.6. The first-order chi connectivity index (χ1) is 11.7. The lowest BCUT2D eigenvalue weighted by atomic mass is 9.78. The molecule has 2 heterocycles. The normalized spacial score (nSPS) is 20.8. The van der Waals surface area contributed by atoms with E-state index in [4.69, 9.17) is 0 Å². The van der Waals surface area contributed by atoms with Crippen LogP contribution < -0.4 is 5.32 Å². The summed E-state index contributed by atoms with van der Waals surface area (Å²) in [6.45, 7) is 3.47. The molecule has 2 N–H and O–H groups in total. The van der Waals surface area contributed by atoms with Crippen molar-refractivity contribution in [1.82, 2.24) is 14.3 Å². The van der Waals surface area contributed by atoms with Crippen molar-refractivity contribution in [3.8, 4) is 11.4 Å². The number of hydrogen-bond acceptors (Lipinski definition) is 5. The number of nitrogens with zero attached hydrogens (tertiary/aromatic N) is 3. The van der Waals surface area contributed by atoms with Gasteiger partial charge in [-0.15, -0.1) is 0 Å². The van der Waals surface area contributed by atoms with Crippen molar-refractivity contribution >= 4 is 22.7 Å². The number of hydrogen-bond donors (Lipinski definition) is 2. The Morgan fingerprint density at radius 3 is 2.92 bits per heavy atom. The Hall–Kier alpha value is -1.99. The number of urea groups is 1. The predicted octanol–water partition coefficient (Wildman–Crippen LogP) is 3.22. The van der Waals surface area contributed by atoms with Crippen LogP contribution in [0.15, 0.2) is 30.3 Å². The summed E-state index contributed by atoms with van der Waals surface area (Å²) in [6.07, 6.45) is 2.73. The summed E-state index contributed by atoms with van der Waals surface area (Å²) in [5.74, 6) is 0.618. The van der Waals surface area contributed by atoms with E-state index < -0.39 is 0 Å². The average Bonchev–Trinajstić information content (AvgIpc) is 3.11. The van der Waals surface area contributed by atoms with Gasteiger partial charge in [-0.2, -0.15) is 9.36 Å². The highest BCUT2D eigenvalue weighted by atomic mass is 32.1. The molecule has 1 fully saturated rings.